The van der Waals surface area contributed by atoms with Crippen LogP contribution in [-0.4, -0.2) is 36.8 Å². The number of hydrogen-bond acceptors (Lipinski definition) is 5. The predicted molar refractivity (Wildman–Crippen MR) is 88.3 cm³/mol. The van der Waals surface area contributed by atoms with E-state index in [4.69, 9.17) is 9.72 Å². The maximum Gasteiger partial charge on any atom is 0.186 e. The number of nitrogens with zero attached hydrogens (tertiary/aromatic N) is 2. The molecule has 2 aliphatic rings. The number of fused-ring (bicyclic) bond motifs is 1. The zero-order valence-electron chi connectivity index (χ0n) is 13.4. The molecule has 0 aromatic carbocycles. The number of thiazole rings is 1. The standard InChI is InChI=1S/C16H27N3OS/c1-4-8-17-13-6-5-7-14-15(13)21-16(18-14)19-9-12(3)20-10-11(19)2/h11-13,17H,4-10H2,1-3H3. The SMILES string of the molecule is CCCNC1CCCc2nc(N3CC(C)OCC3C)sc21. The van der Waals surface area contributed by atoms with E-state index in [1.165, 1.54) is 35.0 Å². The zero-order chi connectivity index (χ0) is 14.8. The fraction of sp³-hybridized carbons (Fsp3) is 0.812. The summed E-state index contributed by atoms with van der Waals surface area (Å²) < 4.78 is 5.74. The monoisotopic (exact) mass is 309 g/mol. The molecule has 118 valence electrons. The Bertz CT molecular complexity index is 476. The quantitative estimate of drug-likeness (QED) is 0.927. The summed E-state index contributed by atoms with van der Waals surface area (Å²) in [6, 6.07) is 0.949. The molecule has 1 aromatic heterocycles. The number of aryl methyl sites for hydroxylation is 1. The van der Waals surface area contributed by atoms with Crippen LogP contribution in [0.4, 0.5) is 5.13 Å². The third-order valence-corrected chi connectivity index (χ3v) is 5.68. The minimum Gasteiger partial charge on any atom is -0.375 e. The fourth-order valence-electron chi connectivity index (χ4n) is 3.21. The van der Waals surface area contributed by atoms with Crippen molar-refractivity contribution >= 4 is 16.5 Å². The average Bonchev–Trinajstić information content (AvgIpc) is 2.92. The van der Waals surface area contributed by atoms with Crippen LogP contribution in [-0.2, 0) is 11.2 Å². The molecular weight excluding hydrogens is 282 g/mol. The van der Waals surface area contributed by atoms with Gasteiger partial charge in [-0.1, -0.05) is 18.3 Å². The third-order valence-electron chi connectivity index (χ3n) is 4.43. The first kappa shape index (κ1) is 15.3. The largest absolute Gasteiger partial charge is 0.375 e. The van der Waals surface area contributed by atoms with Gasteiger partial charge in [0, 0.05) is 17.5 Å². The van der Waals surface area contributed by atoms with E-state index in [9.17, 15) is 0 Å². The summed E-state index contributed by atoms with van der Waals surface area (Å²) >= 11 is 1.90. The molecule has 3 atom stereocenters. The van der Waals surface area contributed by atoms with Crippen LogP contribution in [0.5, 0.6) is 0 Å². The summed E-state index contributed by atoms with van der Waals surface area (Å²) in [7, 11) is 0. The Hall–Kier alpha value is -0.650. The van der Waals surface area contributed by atoms with Gasteiger partial charge in [0.05, 0.1) is 24.4 Å². The maximum atomic E-state index is 5.74. The van der Waals surface area contributed by atoms with E-state index >= 15 is 0 Å². The summed E-state index contributed by atoms with van der Waals surface area (Å²) in [5.74, 6) is 0. The molecule has 1 N–H and O–H groups in total. The van der Waals surface area contributed by atoms with Crippen LogP contribution < -0.4 is 10.2 Å². The normalized spacial score (nSPS) is 29.5. The molecule has 1 fully saturated rings. The van der Waals surface area contributed by atoms with Crippen molar-refractivity contribution in [1.29, 1.82) is 0 Å². The lowest BCUT2D eigenvalue weighted by molar-refractivity contribution is 0.0343. The highest BCUT2D eigenvalue weighted by atomic mass is 32.1. The number of hydrogen-bond donors (Lipinski definition) is 1. The second-order valence-electron chi connectivity index (χ2n) is 6.35. The van der Waals surface area contributed by atoms with Gasteiger partial charge in [0.25, 0.3) is 0 Å². The van der Waals surface area contributed by atoms with Gasteiger partial charge in [-0.25, -0.2) is 4.98 Å². The first-order valence-corrected chi connectivity index (χ1v) is 9.12. The summed E-state index contributed by atoms with van der Waals surface area (Å²) in [5, 5.41) is 4.89. The number of rotatable bonds is 4. The molecule has 21 heavy (non-hydrogen) atoms. The van der Waals surface area contributed by atoms with Crippen LogP contribution in [0.25, 0.3) is 0 Å². The summed E-state index contributed by atoms with van der Waals surface area (Å²) in [6.45, 7) is 9.48. The molecule has 0 radical (unpaired) electrons. The minimum absolute atomic E-state index is 0.302. The highest BCUT2D eigenvalue weighted by Gasteiger charge is 2.30. The number of morpholine rings is 1. The Morgan fingerprint density at radius 2 is 2.29 bits per heavy atom. The van der Waals surface area contributed by atoms with Crippen molar-refractivity contribution in [2.75, 3.05) is 24.6 Å². The van der Waals surface area contributed by atoms with Crippen LogP contribution in [0.15, 0.2) is 0 Å². The smallest absolute Gasteiger partial charge is 0.186 e. The van der Waals surface area contributed by atoms with Gasteiger partial charge < -0.3 is 15.0 Å². The van der Waals surface area contributed by atoms with Gasteiger partial charge in [0.1, 0.15) is 0 Å². The lowest BCUT2D eigenvalue weighted by Crippen LogP contribution is -2.47. The Morgan fingerprint density at radius 3 is 3.10 bits per heavy atom. The molecule has 0 bridgehead atoms. The van der Waals surface area contributed by atoms with Crippen molar-refractivity contribution in [2.24, 2.45) is 0 Å². The Labute approximate surface area is 131 Å². The summed E-state index contributed by atoms with van der Waals surface area (Å²) in [5.41, 5.74) is 1.33. The highest BCUT2D eigenvalue weighted by Crippen LogP contribution is 2.38. The van der Waals surface area contributed by atoms with Gasteiger partial charge in [0.15, 0.2) is 5.13 Å². The molecule has 3 rings (SSSR count). The Morgan fingerprint density at radius 1 is 1.43 bits per heavy atom. The van der Waals surface area contributed by atoms with Crippen molar-refractivity contribution in [2.45, 2.75) is 64.6 Å². The Kier molecular flexibility index (Phi) is 4.82. The second kappa shape index (κ2) is 6.63. The number of nitrogens with one attached hydrogen (secondary N) is 1. The minimum atomic E-state index is 0.302. The van der Waals surface area contributed by atoms with E-state index in [-0.39, 0.29) is 0 Å². The molecule has 1 aliphatic heterocycles. The zero-order valence-corrected chi connectivity index (χ0v) is 14.2. The molecule has 5 heteroatoms. The van der Waals surface area contributed by atoms with Crippen molar-refractivity contribution < 1.29 is 4.74 Å². The molecule has 1 aliphatic carbocycles. The van der Waals surface area contributed by atoms with E-state index in [0.717, 1.165) is 26.1 Å². The van der Waals surface area contributed by atoms with Crippen LogP contribution in [0.2, 0.25) is 0 Å². The van der Waals surface area contributed by atoms with Crippen LogP contribution in [0, 0.1) is 0 Å². The summed E-state index contributed by atoms with van der Waals surface area (Å²) in [4.78, 5) is 8.89. The maximum absolute atomic E-state index is 5.74. The van der Waals surface area contributed by atoms with E-state index in [1.807, 2.05) is 11.3 Å². The molecule has 1 saturated heterocycles. The van der Waals surface area contributed by atoms with Crippen LogP contribution >= 0.6 is 11.3 Å². The van der Waals surface area contributed by atoms with Gasteiger partial charge >= 0.3 is 0 Å². The molecular formula is C16H27N3OS. The molecule has 0 spiro atoms. The lowest BCUT2D eigenvalue weighted by atomic mass is 9.98. The summed E-state index contributed by atoms with van der Waals surface area (Å²) in [6.07, 6.45) is 5.15. The van der Waals surface area contributed by atoms with Crippen LogP contribution in [0.3, 0.4) is 0 Å². The van der Waals surface area contributed by atoms with E-state index < -0.39 is 0 Å². The lowest BCUT2D eigenvalue weighted by Gasteiger charge is -2.36. The van der Waals surface area contributed by atoms with Gasteiger partial charge in [-0.2, -0.15) is 0 Å². The molecule has 2 heterocycles. The van der Waals surface area contributed by atoms with E-state index in [2.05, 4.69) is 31.0 Å². The van der Waals surface area contributed by atoms with Gasteiger partial charge in [-0.15, -0.1) is 0 Å². The molecule has 4 nitrogen and oxygen atoms in total. The fourth-order valence-corrected chi connectivity index (χ4v) is 4.55. The van der Waals surface area contributed by atoms with Gasteiger partial charge in [-0.3, -0.25) is 0 Å². The van der Waals surface area contributed by atoms with Crippen molar-refractivity contribution in [1.82, 2.24) is 10.3 Å². The molecule has 3 unspecified atom stereocenters. The molecule has 1 aromatic rings. The number of aromatic nitrogens is 1. The topological polar surface area (TPSA) is 37.4 Å². The van der Waals surface area contributed by atoms with Gasteiger partial charge in [-0.05, 0) is 46.1 Å². The highest BCUT2D eigenvalue weighted by molar-refractivity contribution is 7.15. The Balaban J connectivity index is 1.80. The predicted octanol–water partition coefficient (Wildman–Crippen LogP) is 3.13. The first-order valence-electron chi connectivity index (χ1n) is 8.30. The van der Waals surface area contributed by atoms with Crippen molar-refractivity contribution in [3.63, 3.8) is 0 Å². The third kappa shape index (κ3) is 3.25. The van der Waals surface area contributed by atoms with Crippen LogP contribution in [0.1, 0.15) is 56.6 Å². The molecule has 0 amide bonds. The first-order chi connectivity index (χ1) is 10.2. The van der Waals surface area contributed by atoms with E-state index in [0.29, 0.717) is 18.2 Å². The second-order valence-corrected chi connectivity index (χ2v) is 7.36. The van der Waals surface area contributed by atoms with E-state index in [1.54, 1.807) is 0 Å². The van der Waals surface area contributed by atoms with Crippen molar-refractivity contribution in [3.05, 3.63) is 10.6 Å². The van der Waals surface area contributed by atoms with Crippen molar-refractivity contribution in [3.8, 4) is 0 Å². The average molecular weight is 309 g/mol. The molecule has 0 saturated carbocycles. The number of ether oxygens (including phenoxy) is 1. The number of anilines is 1. The van der Waals surface area contributed by atoms with Gasteiger partial charge in [0.2, 0.25) is 0 Å².